The van der Waals surface area contributed by atoms with E-state index in [1.54, 1.807) is 0 Å². The van der Waals surface area contributed by atoms with Gasteiger partial charge in [0.1, 0.15) is 0 Å². The van der Waals surface area contributed by atoms with Gasteiger partial charge < -0.3 is 9.84 Å². The summed E-state index contributed by atoms with van der Waals surface area (Å²) in [7, 11) is 0. The van der Waals surface area contributed by atoms with Crippen LogP contribution in [-0.4, -0.2) is 22.9 Å². The van der Waals surface area contributed by atoms with Gasteiger partial charge in [-0.25, -0.2) is 0 Å². The van der Waals surface area contributed by atoms with E-state index in [0.29, 0.717) is 17.8 Å². The highest BCUT2D eigenvalue weighted by Gasteiger charge is 2.50. The Kier molecular flexibility index (Phi) is 4.16. The van der Waals surface area contributed by atoms with Crippen LogP contribution in [0, 0.1) is 17.8 Å². The average molecular weight is 280 g/mol. The molecule has 0 aromatic heterocycles. The third-order valence-electron chi connectivity index (χ3n) is 6.59. The summed E-state index contributed by atoms with van der Waals surface area (Å²) in [6, 6.07) is 0. The molecule has 0 aromatic carbocycles. The van der Waals surface area contributed by atoms with Crippen molar-refractivity contribution in [3.05, 3.63) is 0 Å². The second-order valence-electron chi connectivity index (χ2n) is 8.06. The molecule has 1 heterocycles. The first kappa shape index (κ1) is 14.8. The predicted molar refractivity (Wildman–Crippen MR) is 81.6 cm³/mol. The molecule has 1 saturated heterocycles. The van der Waals surface area contributed by atoms with Crippen molar-refractivity contribution < 1.29 is 9.84 Å². The molecule has 3 rings (SSSR count). The summed E-state index contributed by atoms with van der Waals surface area (Å²) in [6.45, 7) is 5.45. The van der Waals surface area contributed by atoms with Crippen LogP contribution in [0.2, 0.25) is 0 Å². The lowest BCUT2D eigenvalue weighted by Gasteiger charge is -2.52. The highest BCUT2D eigenvalue weighted by molar-refractivity contribution is 5.01. The Morgan fingerprint density at radius 1 is 0.950 bits per heavy atom. The van der Waals surface area contributed by atoms with E-state index in [2.05, 4.69) is 13.8 Å². The number of hydrogen-bond donors (Lipinski definition) is 1. The molecular formula is C18H32O2. The zero-order valence-corrected chi connectivity index (χ0v) is 13.4. The monoisotopic (exact) mass is 280 g/mol. The summed E-state index contributed by atoms with van der Waals surface area (Å²) in [4.78, 5) is 0. The largest absolute Gasteiger partial charge is 0.389 e. The van der Waals surface area contributed by atoms with E-state index < -0.39 is 5.60 Å². The normalized spacial score (nSPS) is 45.5. The van der Waals surface area contributed by atoms with E-state index in [1.807, 2.05) is 0 Å². The topological polar surface area (TPSA) is 29.5 Å². The van der Waals surface area contributed by atoms with Crippen LogP contribution in [0.25, 0.3) is 0 Å². The summed E-state index contributed by atoms with van der Waals surface area (Å²) in [5, 5.41) is 11.4. The summed E-state index contributed by atoms with van der Waals surface area (Å²) in [6.07, 6.45) is 12.1. The van der Waals surface area contributed by atoms with Crippen LogP contribution in [-0.2, 0) is 4.74 Å². The molecule has 0 bridgehead atoms. The summed E-state index contributed by atoms with van der Waals surface area (Å²) >= 11 is 0. The second kappa shape index (κ2) is 5.61. The third-order valence-corrected chi connectivity index (χ3v) is 6.59. The van der Waals surface area contributed by atoms with Crippen molar-refractivity contribution in [2.24, 2.45) is 17.8 Å². The van der Waals surface area contributed by atoms with E-state index in [9.17, 15) is 5.11 Å². The van der Waals surface area contributed by atoms with E-state index in [4.69, 9.17) is 4.74 Å². The Bertz CT molecular complexity index is 329. The van der Waals surface area contributed by atoms with Gasteiger partial charge >= 0.3 is 0 Å². The quantitative estimate of drug-likeness (QED) is 0.776. The van der Waals surface area contributed by atoms with Crippen molar-refractivity contribution in [3.8, 4) is 0 Å². The fraction of sp³-hybridized carbons (Fsp3) is 1.00. The molecule has 4 atom stereocenters. The third kappa shape index (κ3) is 2.66. The lowest BCUT2D eigenvalue weighted by Crippen LogP contribution is -2.54. The molecule has 2 saturated carbocycles. The maximum Gasteiger partial charge on any atom is 0.0705 e. The maximum atomic E-state index is 11.4. The fourth-order valence-corrected chi connectivity index (χ4v) is 5.21. The number of ether oxygens (including phenoxy) is 1. The molecule has 3 aliphatic rings. The average Bonchev–Trinajstić information content (AvgIpc) is 2.44. The molecule has 0 amide bonds. The van der Waals surface area contributed by atoms with Gasteiger partial charge in [0, 0.05) is 6.61 Å². The van der Waals surface area contributed by atoms with Crippen molar-refractivity contribution in [1.29, 1.82) is 0 Å². The Morgan fingerprint density at radius 3 is 2.45 bits per heavy atom. The standard InChI is InChI=1S/C18H32O2/c1-14-6-7-15(2)18(19,12-14)16-8-11-20-17(13-16)9-4-3-5-10-17/h14-16,19H,3-13H2,1-2H3. The number of hydrogen-bond acceptors (Lipinski definition) is 2. The van der Waals surface area contributed by atoms with Gasteiger partial charge in [-0.05, 0) is 56.3 Å². The minimum atomic E-state index is -0.425. The molecule has 1 N–H and O–H groups in total. The first-order valence-corrected chi connectivity index (χ1v) is 8.90. The van der Waals surface area contributed by atoms with Crippen LogP contribution in [0.3, 0.4) is 0 Å². The molecular weight excluding hydrogens is 248 g/mol. The van der Waals surface area contributed by atoms with Gasteiger partial charge in [-0.2, -0.15) is 0 Å². The van der Waals surface area contributed by atoms with E-state index in [-0.39, 0.29) is 5.60 Å². The van der Waals surface area contributed by atoms with Crippen LogP contribution in [0.5, 0.6) is 0 Å². The summed E-state index contributed by atoms with van der Waals surface area (Å²) in [5.41, 5.74) is -0.302. The van der Waals surface area contributed by atoms with Crippen LogP contribution in [0.1, 0.15) is 78.1 Å². The van der Waals surface area contributed by atoms with E-state index in [0.717, 1.165) is 25.9 Å². The van der Waals surface area contributed by atoms with Gasteiger partial charge in [0.2, 0.25) is 0 Å². The first-order valence-electron chi connectivity index (χ1n) is 8.90. The second-order valence-corrected chi connectivity index (χ2v) is 8.06. The Labute approximate surface area is 124 Å². The molecule has 20 heavy (non-hydrogen) atoms. The highest BCUT2D eigenvalue weighted by atomic mass is 16.5. The Balaban J connectivity index is 1.75. The molecule has 2 nitrogen and oxygen atoms in total. The van der Waals surface area contributed by atoms with Gasteiger partial charge in [0.05, 0.1) is 11.2 Å². The van der Waals surface area contributed by atoms with Crippen molar-refractivity contribution >= 4 is 0 Å². The van der Waals surface area contributed by atoms with Crippen LogP contribution in [0.15, 0.2) is 0 Å². The van der Waals surface area contributed by atoms with Gasteiger partial charge in [0.25, 0.3) is 0 Å². The van der Waals surface area contributed by atoms with Gasteiger partial charge in [-0.1, -0.05) is 39.5 Å². The van der Waals surface area contributed by atoms with Crippen molar-refractivity contribution in [3.63, 3.8) is 0 Å². The molecule has 1 spiro atoms. The van der Waals surface area contributed by atoms with Crippen molar-refractivity contribution in [2.75, 3.05) is 6.61 Å². The minimum absolute atomic E-state index is 0.122. The van der Waals surface area contributed by atoms with Gasteiger partial charge in [0.15, 0.2) is 0 Å². The van der Waals surface area contributed by atoms with Gasteiger partial charge in [-0.15, -0.1) is 0 Å². The molecule has 4 unspecified atom stereocenters. The van der Waals surface area contributed by atoms with Gasteiger partial charge in [-0.3, -0.25) is 0 Å². The Hall–Kier alpha value is -0.0800. The zero-order chi connectivity index (χ0) is 14.2. The zero-order valence-electron chi connectivity index (χ0n) is 13.4. The van der Waals surface area contributed by atoms with Crippen LogP contribution in [0.4, 0.5) is 0 Å². The summed E-state index contributed by atoms with van der Waals surface area (Å²) in [5.74, 6) is 1.61. The molecule has 0 radical (unpaired) electrons. The molecule has 1 aliphatic heterocycles. The minimum Gasteiger partial charge on any atom is -0.389 e. The fourth-order valence-electron chi connectivity index (χ4n) is 5.21. The van der Waals surface area contributed by atoms with Crippen LogP contribution < -0.4 is 0 Å². The van der Waals surface area contributed by atoms with Crippen LogP contribution >= 0.6 is 0 Å². The number of rotatable bonds is 1. The summed E-state index contributed by atoms with van der Waals surface area (Å²) < 4.78 is 6.22. The number of aliphatic hydroxyl groups is 1. The highest BCUT2D eigenvalue weighted by Crippen LogP contribution is 2.50. The maximum absolute atomic E-state index is 11.4. The molecule has 2 heteroatoms. The van der Waals surface area contributed by atoms with E-state index >= 15 is 0 Å². The molecule has 2 aliphatic carbocycles. The van der Waals surface area contributed by atoms with E-state index in [1.165, 1.54) is 44.9 Å². The smallest absolute Gasteiger partial charge is 0.0705 e. The lowest BCUT2D eigenvalue weighted by molar-refractivity contribution is -0.181. The van der Waals surface area contributed by atoms with Crippen molar-refractivity contribution in [2.45, 2.75) is 89.3 Å². The molecule has 0 aromatic rings. The molecule has 116 valence electrons. The SMILES string of the molecule is CC1CCC(C)C(O)(C2CCOC3(CCCCC3)C2)C1. The lowest BCUT2D eigenvalue weighted by atomic mass is 9.61. The molecule has 3 fully saturated rings. The first-order chi connectivity index (χ1) is 9.54. The van der Waals surface area contributed by atoms with Crippen molar-refractivity contribution in [1.82, 2.24) is 0 Å². The Morgan fingerprint density at radius 2 is 1.70 bits per heavy atom. The predicted octanol–water partition coefficient (Wildman–Crippen LogP) is 4.30.